The molecule has 0 amide bonds. The van der Waals surface area contributed by atoms with Gasteiger partial charge in [-0.05, 0) is 27.6 Å². The van der Waals surface area contributed by atoms with Crippen LogP contribution in [0.25, 0.3) is 0 Å². The molecule has 98 valence electrons. The lowest BCUT2D eigenvalue weighted by Gasteiger charge is -2.26. The number of hydrogen-bond acceptors (Lipinski definition) is 3. The summed E-state index contributed by atoms with van der Waals surface area (Å²) in [5, 5.41) is 4.41. The molecule has 1 atom stereocenters. The fraction of sp³-hybridized carbons (Fsp3) is 0.0667. The van der Waals surface area contributed by atoms with E-state index in [0.717, 1.165) is 16.9 Å². The van der Waals surface area contributed by atoms with Gasteiger partial charge in [0.05, 0.1) is 0 Å². The first-order chi connectivity index (χ1) is 9.83. The molecule has 0 N–H and O–H groups in total. The van der Waals surface area contributed by atoms with Gasteiger partial charge < -0.3 is 4.74 Å². The van der Waals surface area contributed by atoms with Crippen LogP contribution < -0.4 is 4.74 Å². The van der Waals surface area contributed by atoms with E-state index in [9.17, 15) is 0 Å². The van der Waals surface area contributed by atoms with Gasteiger partial charge in [0.1, 0.15) is 11.8 Å². The van der Waals surface area contributed by atoms with Crippen molar-refractivity contribution >= 4 is 15.9 Å². The minimum Gasteiger partial charge on any atom is -0.424 e. The summed E-state index contributed by atoms with van der Waals surface area (Å²) in [6.07, 6.45) is 0. The maximum absolute atomic E-state index is 5.81. The van der Waals surface area contributed by atoms with Crippen molar-refractivity contribution in [2.45, 2.75) is 6.04 Å². The van der Waals surface area contributed by atoms with Crippen molar-refractivity contribution in [1.82, 2.24) is 14.8 Å². The number of para-hydroxylation sites is 1. The maximum Gasteiger partial charge on any atom is 0.322 e. The molecule has 3 aromatic rings. The van der Waals surface area contributed by atoms with Crippen LogP contribution in [0.5, 0.6) is 11.8 Å². The van der Waals surface area contributed by atoms with Crippen LogP contribution in [-0.4, -0.2) is 14.8 Å². The Kier molecular flexibility index (Phi) is 2.60. The normalized spacial score (nSPS) is 16.1. The molecule has 4 nitrogen and oxygen atoms in total. The standard InChI is InChI=1S/C15H10BrN3O/c16-14-17-15-19(18-14)13(10-6-2-1-3-7-10)11-8-4-5-9-12(11)20-15/h1-9,13H. The topological polar surface area (TPSA) is 39.9 Å². The van der Waals surface area contributed by atoms with Gasteiger partial charge in [-0.3, -0.25) is 0 Å². The van der Waals surface area contributed by atoms with Gasteiger partial charge in [-0.15, -0.1) is 5.10 Å². The lowest BCUT2D eigenvalue weighted by Crippen LogP contribution is -2.19. The average molecular weight is 328 g/mol. The summed E-state index contributed by atoms with van der Waals surface area (Å²) in [5.41, 5.74) is 2.24. The molecule has 0 radical (unpaired) electrons. The first-order valence-corrected chi connectivity index (χ1v) is 7.06. The summed E-state index contributed by atoms with van der Waals surface area (Å²) in [4.78, 5) is 4.27. The zero-order chi connectivity index (χ0) is 13.5. The Morgan fingerprint density at radius 1 is 1.00 bits per heavy atom. The van der Waals surface area contributed by atoms with Crippen molar-refractivity contribution in [2.24, 2.45) is 0 Å². The first kappa shape index (κ1) is 11.7. The van der Waals surface area contributed by atoms with Gasteiger partial charge in [-0.25, -0.2) is 4.68 Å². The molecule has 0 saturated heterocycles. The van der Waals surface area contributed by atoms with Crippen molar-refractivity contribution < 1.29 is 4.74 Å². The van der Waals surface area contributed by atoms with Crippen LogP contribution in [0.2, 0.25) is 0 Å². The average Bonchev–Trinajstić information content (AvgIpc) is 2.85. The molecular weight excluding hydrogens is 318 g/mol. The highest BCUT2D eigenvalue weighted by molar-refractivity contribution is 9.10. The minimum absolute atomic E-state index is 0.0186. The third-order valence-electron chi connectivity index (χ3n) is 3.35. The number of benzene rings is 2. The Morgan fingerprint density at radius 3 is 2.60 bits per heavy atom. The predicted octanol–water partition coefficient (Wildman–Crippen LogP) is 3.78. The molecule has 2 aromatic carbocycles. The van der Waals surface area contributed by atoms with Crippen LogP contribution in [0.3, 0.4) is 0 Å². The molecule has 0 fully saturated rings. The van der Waals surface area contributed by atoms with E-state index in [1.807, 2.05) is 41.1 Å². The zero-order valence-electron chi connectivity index (χ0n) is 10.4. The van der Waals surface area contributed by atoms with Crippen LogP contribution in [0.1, 0.15) is 17.2 Å². The van der Waals surface area contributed by atoms with Crippen molar-refractivity contribution in [1.29, 1.82) is 0 Å². The fourth-order valence-corrected chi connectivity index (χ4v) is 2.83. The number of nitrogens with zero attached hydrogens (tertiary/aromatic N) is 3. The Balaban J connectivity index is 1.97. The van der Waals surface area contributed by atoms with E-state index in [1.54, 1.807) is 0 Å². The summed E-state index contributed by atoms with van der Waals surface area (Å²) >= 11 is 3.31. The number of hydrogen-bond donors (Lipinski definition) is 0. The van der Waals surface area contributed by atoms with E-state index in [2.05, 4.69) is 44.2 Å². The number of halogens is 1. The van der Waals surface area contributed by atoms with Gasteiger partial charge >= 0.3 is 6.01 Å². The molecule has 1 unspecified atom stereocenters. The summed E-state index contributed by atoms with van der Waals surface area (Å²) in [6.45, 7) is 0. The van der Waals surface area contributed by atoms with Gasteiger partial charge in [0.25, 0.3) is 0 Å². The Bertz CT molecular complexity index is 770. The fourth-order valence-electron chi connectivity index (χ4n) is 2.51. The maximum atomic E-state index is 5.81. The highest BCUT2D eigenvalue weighted by atomic mass is 79.9. The second-order valence-electron chi connectivity index (χ2n) is 4.56. The molecule has 0 aliphatic carbocycles. The first-order valence-electron chi connectivity index (χ1n) is 6.27. The molecule has 5 heteroatoms. The van der Waals surface area contributed by atoms with Crippen molar-refractivity contribution in [3.63, 3.8) is 0 Å². The number of rotatable bonds is 1. The Labute approximate surface area is 124 Å². The summed E-state index contributed by atoms with van der Waals surface area (Å²) in [5.74, 6) is 0.828. The summed E-state index contributed by atoms with van der Waals surface area (Å²) < 4.78 is 8.15. The monoisotopic (exact) mass is 327 g/mol. The lowest BCUT2D eigenvalue weighted by atomic mass is 9.97. The molecule has 1 aliphatic heterocycles. The minimum atomic E-state index is -0.0186. The second-order valence-corrected chi connectivity index (χ2v) is 5.27. The highest BCUT2D eigenvalue weighted by Gasteiger charge is 2.30. The van der Waals surface area contributed by atoms with E-state index in [1.165, 1.54) is 0 Å². The van der Waals surface area contributed by atoms with Gasteiger partial charge in [0.15, 0.2) is 0 Å². The number of aromatic nitrogens is 3. The Hall–Kier alpha value is -2.14. The predicted molar refractivity (Wildman–Crippen MR) is 77.9 cm³/mol. The number of ether oxygens (including phenoxy) is 1. The molecule has 0 spiro atoms. The molecule has 20 heavy (non-hydrogen) atoms. The van der Waals surface area contributed by atoms with Gasteiger partial charge in [0.2, 0.25) is 4.73 Å². The largest absolute Gasteiger partial charge is 0.424 e. The quantitative estimate of drug-likeness (QED) is 0.534. The van der Waals surface area contributed by atoms with E-state index in [-0.39, 0.29) is 6.04 Å². The van der Waals surface area contributed by atoms with Crippen molar-refractivity contribution in [3.8, 4) is 11.8 Å². The molecule has 1 aromatic heterocycles. The van der Waals surface area contributed by atoms with E-state index in [0.29, 0.717) is 10.7 Å². The number of fused-ring (bicyclic) bond motifs is 2. The van der Waals surface area contributed by atoms with E-state index < -0.39 is 0 Å². The van der Waals surface area contributed by atoms with Gasteiger partial charge in [-0.1, -0.05) is 48.5 Å². The SMILES string of the molecule is Brc1nc2n(n1)C(c1ccccc1)c1ccccc1O2. The van der Waals surface area contributed by atoms with Crippen LogP contribution in [-0.2, 0) is 0 Å². The smallest absolute Gasteiger partial charge is 0.322 e. The van der Waals surface area contributed by atoms with Crippen molar-refractivity contribution in [2.75, 3.05) is 0 Å². The van der Waals surface area contributed by atoms with Crippen LogP contribution in [0, 0.1) is 0 Å². The molecule has 2 heterocycles. The molecule has 0 saturated carbocycles. The summed E-state index contributed by atoms with van der Waals surface area (Å²) in [6, 6.07) is 18.7. The third kappa shape index (κ3) is 1.74. The summed E-state index contributed by atoms with van der Waals surface area (Å²) in [7, 11) is 0. The lowest BCUT2D eigenvalue weighted by molar-refractivity contribution is 0.354. The van der Waals surface area contributed by atoms with Crippen LogP contribution in [0.4, 0.5) is 0 Å². The van der Waals surface area contributed by atoms with E-state index >= 15 is 0 Å². The molecular formula is C15H10BrN3O. The van der Waals surface area contributed by atoms with Gasteiger partial charge in [-0.2, -0.15) is 4.98 Å². The molecule has 4 rings (SSSR count). The highest BCUT2D eigenvalue weighted by Crippen LogP contribution is 2.41. The van der Waals surface area contributed by atoms with Crippen LogP contribution in [0.15, 0.2) is 59.3 Å². The molecule has 1 aliphatic rings. The second kappa shape index (κ2) is 4.45. The van der Waals surface area contributed by atoms with Crippen molar-refractivity contribution in [3.05, 3.63) is 70.5 Å². The van der Waals surface area contributed by atoms with E-state index in [4.69, 9.17) is 4.74 Å². The Morgan fingerprint density at radius 2 is 1.75 bits per heavy atom. The zero-order valence-corrected chi connectivity index (χ0v) is 12.0. The van der Waals surface area contributed by atoms with Gasteiger partial charge in [0, 0.05) is 5.56 Å². The van der Waals surface area contributed by atoms with Crippen LogP contribution >= 0.6 is 15.9 Å². The third-order valence-corrected chi connectivity index (χ3v) is 3.68. The molecule has 0 bridgehead atoms.